The molecule has 0 amide bonds. The lowest BCUT2D eigenvalue weighted by molar-refractivity contribution is 0.551. The normalized spacial score (nSPS) is 18.4. The number of aromatic nitrogens is 2. The SMILES string of the molecule is CC12C=CC=CC1N(c1cccc(-c3cccc(-c4cccc(-n5c6ccccc6c6ccccc65)c4)n3)c1)c1ccccc12. The number of benzene rings is 5. The molecule has 0 saturated carbocycles. The Morgan fingerprint density at radius 2 is 1.18 bits per heavy atom. The average Bonchev–Trinajstić information content (AvgIpc) is 3.58. The molecule has 0 N–H and O–H groups in total. The third kappa shape index (κ3) is 3.94. The third-order valence-corrected chi connectivity index (χ3v) is 9.63. The summed E-state index contributed by atoms with van der Waals surface area (Å²) in [5.41, 5.74) is 11.4. The van der Waals surface area contributed by atoms with E-state index in [0.717, 1.165) is 28.2 Å². The highest BCUT2D eigenvalue weighted by Gasteiger charge is 2.46. The van der Waals surface area contributed by atoms with Gasteiger partial charge in [-0.05, 0) is 67.1 Å². The molecule has 5 aromatic carbocycles. The number of para-hydroxylation sites is 3. The second-order valence-corrected chi connectivity index (χ2v) is 12.2. The van der Waals surface area contributed by atoms with Crippen molar-refractivity contribution in [3.8, 4) is 28.2 Å². The van der Waals surface area contributed by atoms with Gasteiger partial charge < -0.3 is 9.47 Å². The number of anilines is 2. The maximum atomic E-state index is 5.21. The zero-order valence-electron chi connectivity index (χ0n) is 25.0. The van der Waals surface area contributed by atoms with Gasteiger partial charge in [-0.1, -0.05) is 109 Å². The van der Waals surface area contributed by atoms with E-state index in [9.17, 15) is 0 Å². The van der Waals surface area contributed by atoms with Crippen LogP contribution in [0.2, 0.25) is 0 Å². The maximum Gasteiger partial charge on any atom is 0.0710 e. The van der Waals surface area contributed by atoms with Crippen LogP contribution in [0.3, 0.4) is 0 Å². The standard InChI is InChI=1S/C42H31N3/c1-42-26-9-8-25-41(42)45(40-24-7-4-19-35(40)42)32-16-11-14-30(28-32)37-21-12-20-36(43-37)29-13-10-15-31(27-29)44-38-22-5-2-17-33(38)34-18-3-6-23-39(34)44/h2-28,41H,1H3. The van der Waals surface area contributed by atoms with Crippen molar-refractivity contribution < 1.29 is 0 Å². The number of allylic oxidation sites excluding steroid dienone is 2. The van der Waals surface area contributed by atoms with Gasteiger partial charge in [0, 0.05) is 44.4 Å². The monoisotopic (exact) mass is 577 g/mol. The van der Waals surface area contributed by atoms with Gasteiger partial charge in [-0.3, -0.25) is 0 Å². The topological polar surface area (TPSA) is 21.1 Å². The molecule has 2 unspecified atom stereocenters. The van der Waals surface area contributed by atoms with E-state index in [1.165, 1.54) is 38.7 Å². The number of hydrogen-bond acceptors (Lipinski definition) is 2. The molecule has 2 atom stereocenters. The predicted molar refractivity (Wildman–Crippen MR) is 187 cm³/mol. The van der Waals surface area contributed by atoms with Gasteiger partial charge in [0.1, 0.15) is 0 Å². The molecule has 3 nitrogen and oxygen atoms in total. The van der Waals surface area contributed by atoms with Gasteiger partial charge in [-0.25, -0.2) is 4.98 Å². The first kappa shape index (κ1) is 25.8. The molecule has 2 aliphatic rings. The molecular formula is C42H31N3. The van der Waals surface area contributed by atoms with E-state index in [-0.39, 0.29) is 11.5 Å². The summed E-state index contributed by atoms with van der Waals surface area (Å²) in [4.78, 5) is 7.70. The summed E-state index contributed by atoms with van der Waals surface area (Å²) >= 11 is 0. The summed E-state index contributed by atoms with van der Waals surface area (Å²) in [7, 11) is 0. The Hall–Kier alpha value is -5.67. The van der Waals surface area contributed by atoms with E-state index < -0.39 is 0 Å². The summed E-state index contributed by atoms with van der Waals surface area (Å²) in [5.74, 6) is 0. The molecule has 1 aliphatic carbocycles. The zero-order chi connectivity index (χ0) is 30.0. The smallest absolute Gasteiger partial charge is 0.0710 e. The van der Waals surface area contributed by atoms with Crippen LogP contribution in [0.1, 0.15) is 12.5 Å². The van der Waals surface area contributed by atoms with E-state index in [4.69, 9.17) is 4.98 Å². The van der Waals surface area contributed by atoms with E-state index in [0.29, 0.717) is 0 Å². The van der Waals surface area contributed by atoms with Gasteiger partial charge in [0.05, 0.1) is 28.5 Å². The minimum absolute atomic E-state index is 0.0686. The Balaban J connectivity index is 1.11. The predicted octanol–water partition coefficient (Wildman–Crippen LogP) is 10.4. The van der Waals surface area contributed by atoms with Crippen molar-refractivity contribution in [2.24, 2.45) is 0 Å². The molecule has 7 aromatic rings. The Morgan fingerprint density at radius 3 is 1.91 bits per heavy atom. The van der Waals surface area contributed by atoms with Crippen LogP contribution in [0.5, 0.6) is 0 Å². The molecule has 9 rings (SSSR count). The second-order valence-electron chi connectivity index (χ2n) is 12.2. The van der Waals surface area contributed by atoms with Gasteiger partial charge in [0.15, 0.2) is 0 Å². The highest BCUT2D eigenvalue weighted by Crippen LogP contribution is 2.51. The lowest BCUT2D eigenvalue weighted by atomic mass is 9.76. The largest absolute Gasteiger partial charge is 0.333 e. The minimum atomic E-state index is -0.0686. The Labute approximate surface area is 263 Å². The summed E-state index contributed by atoms with van der Waals surface area (Å²) in [6, 6.07) is 50.2. The van der Waals surface area contributed by atoms with Crippen LogP contribution in [0.4, 0.5) is 11.4 Å². The number of hydrogen-bond donors (Lipinski definition) is 0. The minimum Gasteiger partial charge on any atom is -0.333 e. The Morgan fingerprint density at radius 1 is 0.578 bits per heavy atom. The molecule has 1 aliphatic heterocycles. The number of pyridine rings is 1. The summed E-state index contributed by atoms with van der Waals surface area (Å²) in [5, 5.41) is 2.53. The quantitative estimate of drug-likeness (QED) is 0.207. The molecule has 0 radical (unpaired) electrons. The average molecular weight is 578 g/mol. The fraction of sp³-hybridized carbons (Fsp3) is 0.0714. The van der Waals surface area contributed by atoms with E-state index in [2.05, 4.69) is 180 Å². The Kier molecular flexibility index (Phi) is 5.69. The highest BCUT2D eigenvalue weighted by molar-refractivity contribution is 6.09. The lowest BCUT2D eigenvalue weighted by Crippen LogP contribution is -2.39. The number of nitrogens with zero attached hydrogens (tertiary/aromatic N) is 3. The highest BCUT2D eigenvalue weighted by atomic mass is 15.2. The molecule has 0 bridgehead atoms. The summed E-state index contributed by atoms with van der Waals surface area (Å²) in [6.45, 7) is 2.35. The maximum absolute atomic E-state index is 5.21. The van der Waals surface area contributed by atoms with Crippen molar-refractivity contribution in [1.82, 2.24) is 9.55 Å². The van der Waals surface area contributed by atoms with Crippen molar-refractivity contribution in [3.63, 3.8) is 0 Å². The van der Waals surface area contributed by atoms with Crippen molar-refractivity contribution in [3.05, 3.63) is 169 Å². The molecule has 0 saturated heterocycles. The second kappa shape index (κ2) is 9.93. The number of rotatable bonds is 4. The number of fused-ring (bicyclic) bond motifs is 6. The van der Waals surface area contributed by atoms with Crippen LogP contribution in [0.25, 0.3) is 50.0 Å². The van der Waals surface area contributed by atoms with Gasteiger partial charge in [0.25, 0.3) is 0 Å². The lowest BCUT2D eigenvalue weighted by Gasteiger charge is -2.34. The molecule has 45 heavy (non-hydrogen) atoms. The molecule has 3 heterocycles. The van der Waals surface area contributed by atoms with Crippen LogP contribution >= 0.6 is 0 Å². The first-order chi connectivity index (χ1) is 22.2. The first-order valence-corrected chi connectivity index (χ1v) is 15.6. The van der Waals surface area contributed by atoms with Gasteiger partial charge in [-0.15, -0.1) is 0 Å². The van der Waals surface area contributed by atoms with Crippen LogP contribution in [-0.4, -0.2) is 15.6 Å². The van der Waals surface area contributed by atoms with Crippen molar-refractivity contribution in [2.75, 3.05) is 4.90 Å². The zero-order valence-corrected chi connectivity index (χ0v) is 25.0. The van der Waals surface area contributed by atoms with Crippen molar-refractivity contribution >= 4 is 33.2 Å². The molecule has 3 heteroatoms. The summed E-state index contributed by atoms with van der Waals surface area (Å²) in [6.07, 6.45) is 9.03. The van der Waals surface area contributed by atoms with Crippen molar-refractivity contribution in [2.45, 2.75) is 18.4 Å². The molecule has 214 valence electrons. The van der Waals surface area contributed by atoms with E-state index in [1.807, 2.05) is 0 Å². The first-order valence-electron chi connectivity index (χ1n) is 15.6. The fourth-order valence-electron chi connectivity index (χ4n) is 7.49. The fourth-order valence-corrected chi connectivity index (χ4v) is 7.49. The molecule has 0 spiro atoms. The molecule has 2 aromatic heterocycles. The molecular weight excluding hydrogens is 546 g/mol. The van der Waals surface area contributed by atoms with Crippen LogP contribution in [0, 0.1) is 0 Å². The molecule has 0 fully saturated rings. The van der Waals surface area contributed by atoms with Gasteiger partial charge >= 0.3 is 0 Å². The third-order valence-electron chi connectivity index (χ3n) is 9.63. The van der Waals surface area contributed by atoms with E-state index >= 15 is 0 Å². The Bertz CT molecular complexity index is 2270. The van der Waals surface area contributed by atoms with Gasteiger partial charge in [-0.2, -0.15) is 0 Å². The van der Waals surface area contributed by atoms with Crippen LogP contribution in [-0.2, 0) is 5.41 Å². The van der Waals surface area contributed by atoms with Crippen LogP contribution < -0.4 is 4.90 Å². The van der Waals surface area contributed by atoms with Gasteiger partial charge in [0.2, 0.25) is 0 Å². The van der Waals surface area contributed by atoms with Crippen LogP contribution in [0.15, 0.2) is 164 Å². The van der Waals surface area contributed by atoms with Crippen molar-refractivity contribution in [1.29, 1.82) is 0 Å². The van der Waals surface area contributed by atoms with E-state index in [1.54, 1.807) is 0 Å². The summed E-state index contributed by atoms with van der Waals surface area (Å²) < 4.78 is 2.36.